The Morgan fingerprint density at radius 3 is 2.36 bits per heavy atom. The minimum Gasteiger partial charge on any atom is -0.480 e. The second-order valence-electron chi connectivity index (χ2n) is 5.63. The average Bonchev–Trinajstić information content (AvgIpc) is 2.59. The number of aliphatic carboxylic acids is 1. The lowest BCUT2D eigenvalue weighted by Gasteiger charge is -2.28. The van der Waals surface area contributed by atoms with Crippen molar-refractivity contribution in [1.82, 2.24) is 10.2 Å². The standard InChI is InChI=1S/C16H21ClF2N2O4/c1-2-6-11(21-17)13(22)16(18,19)15(25)20-12(14(23)24)9-10-7-4-3-5-8-10/h3-5,7-8,11-13,21-22H,2,6,9H2,1H3,(H,20,25)(H,23,24)/t11-,12-,13?/m0/s1. The highest BCUT2D eigenvalue weighted by Crippen LogP contribution is 2.24. The van der Waals surface area contributed by atoms with E-state index in [1.807, 2.05) is 4.84 Å². The summed E-state index contributed by atoms with van der Waals surface area (Å²) in [5.41, 5.74) is 0.561. The molecule has 1 unspecified atom stereocenters. The van der Waals surface area contributed by atoms with Crippen LogP contribution in [0.2, 0.25) is 0 Å². The molecule has 0 aliphatic rings. The number of benzene rings is 1. The Labute approximate surface area is 149 Å². The molecular formula is C16H21ClF2N2O4. The zero-order valence-corrected chi connectivity index (χ0v) is 14.3. The predicted octanol–water partition coefficient (Wildman–Crippen LogP) is 1.71. The fraction of sp³-hybridized carbons (Fsp3) is 0.500. The van der Waals surface area contributed by atoms with Crippen LogP contribution in [-0.2, 0) is 16.0 Å². The Morgan fingerprint density at radius 2 is 1.88 bits per heavy atom. The zero-order valence-electron chi connectivity index (χ0n) is 13.6. The van der Waals surface area contributed by atoms with Crippen LogP contribution in [0.15, 0.2) is 30.3 Å². The first-order valence-corrected chi connectivity index (χ1v) is 8.11. The number of aliphatic hydroxyl groups is 1. The second-order valence-corrected chi connectivity index (χ2v) is 5.84. The Kier molecular flexibility index (Phi) is 8.21. The molecule has 1 amide bonds. The summed E-state index contributed by atoms with van der Waals surface area (Å²) < 4.78 is 28.4. The highest BCUT2D eigenvalue weighted by molar-refractivity contribution is 6.13. The van der Waals surface area contributed by atoms with Crippen molar-refractivity contribution in [2.24, 2.45) is 0 Å². The number of carboxylic acid groups (broad SMARTS) is 1. The van der Waals surface area contributed by atoms with Crippen LogP contribution < -0.4 is 10.2 Å². The van der Waals surface area contributed by atoms with Gasteiger partial charge < -0.3 is 15.5 Å². The van der Waals surface area contributed by atoms with Gasteiger partial charge in [-0.15, -0.1) is 0 Å². The number of halogens is 3. The van der Waals surface area contributed by atoms with Gasteiger partial charge in [-0.25, -0.2) is 9.63 Å². The van der Waals surface area contributed by atoms with Crippen LogP contribution in [0, 0.1) is 0 Å². The molecule has 9 heteroatoms. The highest BCUT2D eigenvalue weighted by Gasteiger charge is 2.50. The number of rotatable bonds is 10. The molecule has 0 radical (unpaired) electrons. The Bertz CT molecular complexity index is 575. The van der Waals surface area contributed by atoms with E-state index in [0.717, 1.165) is 0 Å². The third-order valence-corrected chi connectivity index (χ3v) is 3.96. The van der Waals surface area contributed by atoms with E-state index < -0.39 is 36.0 Å². The second kappa shape index (κ2) is 9.65. The van der Waals surface area contributed by atoms with Gasteiger partial charge in [0.15, 0.2) is 0 Å². The van der Waals surface area contributed by atoms with Crippen molar-refractivity contribution in [2.45, 2.75) is 50.3 Å². The van der Waals surface area contributed by atoms with E-state index >= 15 is 0 Å². The van der Waals surface area contributed by atoms with Gasteiger partial charge in [0, 0.05) is 6.42 Å². The van der Waals surface area contributed by atoms with Gasteiger partial charge in [-0.05, 0) is 23.8 Å². The first-order chi connectivity index (χ1) is 11.7. The summed E-state index contributed by atoms with van der Waals surface area (Å²) in [6.45, 7) is 1.70. The van der Waals surface area contributed by atoms with Gasteiger partial charge in [0.1, 0.15) is 12.1 Å². The monoisotopic (exact) mass is 378 g/mol. The van der Waals surface area contributed by atoms with Gasteiger partial charge in [-0.2, -0.15) is 8.78 Å². The number of carbonyl (C=O) groups is 2. The largest absolute Gasteiger partial charge is 0.480 e. The minimum atomic E-state index is -4.20. The number of carbonyl (C=O) groups excluding carboxylic acids is 1. The van der Waals surface area contributed by atoms with Crippen molar-refractivity contribution in [1.29, 1.82) is 0 Å². The fourth-order valence-electron chi connectivity index (χ4n) is 2.27. The molecule has 1 aromatic rings. The molecule has 1 rings (SSSR count). The van der Waals surface area contributed by atoms with Crippen LogP contribution in [0.4, 0.5) is 8.78 Å². The van der Waals surface area contributed by atoms with E-state index in [9.17, 15) is 28.6 Å². The van der Waals surface area contributed by atoms with Crippen LogP contribution in [0.3, 0.4) is 0 Å². The van der Waals surface area contributed by atoms with Crippen molar-refractivity contribution >= 4 is 23.7 Å². The molecule has 1 aromatic carbocycles. The number of amides is 1. The van der Waals surface area contributed by atoms with Gasteiger partial charge in [0.05, 0.1) is 6.04 Å². The van der Waals surface area contributed by atoms with Crippen molar-refractivity contribution in [3.8, 4) is 0 Å². The molecule has 140 valence electrons. The molecule has 25 heavy (non-hydrogen) atoms. The van der Waals surface area contributed by atoms with Crippen LogP contribution >= 0.6 is 11.8 Å². The third-order valence-electron chi connectivity index (χ3n) is 3.68. The molecule has 0 fully saturated rings. The lowest BCUT2D eigenvalue weighted by atomic mass is 9.99. The lowest BCUT2D eigenvalue weighted by Crippen LogP contribution is -2.58. The Morgan fingerprint density at radius 1 is 1.28 bits per heavy atom. The summed E-state index contributed by atoms with van der Waals surface area (Å²) in [5, 5.41) is 20.7. The molecule has 4 N–H and O–H groups in total. The van der Waals surface area contributed by atoms with Crippen LogP contribution in [0.1, 0.15) is 25.3 Å². The SMILES string of the molecule is CCC[C@H](NCl)C(O)C(F)(F)C(=O)N[C@@H](Cc1ccccc1)C(=O)O. The van der Waals surface area contributed by atoms with E-state index in [1.54, 1.807) is 42.6 Å². The fourth-order valence-corrected chi connectivity index (χ4v) is 2.50. The van der Waals surface area contributed by atoms with Gasteiger partial charge in [0.25, 0.3) is 5.91 Å². The number of nitrogens with one attached hydrogen (secondary N) is 2. The summed E-state index contributed by atoms with van der Waals surface area (Å²) in [6.07, 6.45) is -2.00. The van der Waals surface area contributed by atoms with E-state index in [1.165, 1.54) is 0 Å². The molecule has 0 spiro atoms. The smallest absolute Gasteiger partial charge is 0.351 e. The minimum absolute atomic E-state index is 0.111. The summed E-state index contributed by atoms with van der Waals surface area (Å²) in [5.74, 6) is -7.52. The van der Waals surface area contributed by atoms with Gasteiger partial charge in [-0.1, -0.05) is 43.7 Å². The molecule has 0 aliphatic carbocycles. The van der Waals surface area contributed by atoms with E-state index in [4.69, 9.17) is 11.8 Å². The summed E-state index contributed by atoms with van der Waals surface area (Å²) in [7, 11) is 0. The summed E-state index contributed by atoms with van der Waals surface area (Å²) in [6, 6.07) is 5.50. The van der Waals surface area contributed by atoms with Crippen molar-refractivity contribution < 1.29 is 28.6 Å². The molecule has 0 heterocycles. The van der Waals surface area contributed by atoms with E-state index in [2.05, 4.69) is 0 Å². The Hall–Kier alpha value is -1.77. The average molecular weight is 379 g/mol. The highest BCUT2D eigenvalue weighted by atomic mass is 35.5. The first kappa shape index (κ1) is 21.3. The van der Waals surface area contributed by atoms with Crippen molar-refractivity contribution in [3.05, 3.63) is 35.9 Å². The van der Waals surface area contributed by atoms with Gasteiger partial charge >= 0.3 is 11.9 Å². The number of carboxylic acids is 1. The quantitative estimate of drug-likeness (QED) is 0.465. The van der Waals surface area contributed by atoms with E-state index in [-0.39, 0.29) is 12.8 Å². The van der Waals surface area contributed by atoms with Gasteiger partial charge in [0.2, 0.25) is 0 Å². The van der Waals surface area contributed by atoms with Crippen LogP contribution in [0.5, 0.6) is 0 Å². The zero-order chi connectivity index (χ0) is 19.0. The molecule has 0 aromatic heterocycles. The maximum Gasteiger partial charge on any atom is 0.351 e. The molecule has 0 saturated heterocycles. The topological polar surface area (TPSA) is 98.7 Å². The van der Waals surface area contributed by atoms with Crippen molar-refractivity contribution in [2.75, 3.05) is 0 Å². The molecule has 0 aliphatic heterocycles. The van der Waals surface area contributed by atoms with Gasteiger partial charge in [-0.3, -0.25) is 4.79 Å². The predicted molar refractivity (Wildman–Crippen MR) is 88.4 cm³/mol. The van der Waals surface area contributed by atoms with Crippen LogP contribution in [0.25, 0.3) is 0 Å². The summed E-state index contributed by atoms with van der Waals surface area (Å²) >= 11 is 5.35. The number of hydrogen-bond acceptors (Lipinski definition) is 4. The molecular weight excluding hydrogens is 358 g/mol. The van der Waals surface area contributed by atoms with Crippen LogP contribution in [-0.4, -0.2) is 46.2 Å². The third kappa shape index (κ3) is 5.91. The number of aliphatic hydroxyl groups excluding tert-OH is 1. The summed E-state index contributed by atoms with van der Waals surface area (Å²) in [4.78, 5) is 25.2. The normalized spacial score (nSPS) is 15.2. The maximum absolute atomic E-state index is 14.2. The first-order valence-electron chi connectivity index (χ1n) is 7.73. The molecule has 0 saturated carbocycles. The molecule has 0 bridgehead atoms. The van der Waals surface area contributed by atoms with E-state index in [0.29, 0.717) is 12.0 Å². The van der Waals surface area contributed by atoms with Crippen molar-refractivity contribution in [3.63, 3.8) is 0 Å². The Balaban J connectivity index is 2.85. The molecule has 6 nitrogen and oxygen atoms in total. The number of hydrogen-bond donors (Lipinski definition) is 4. The molecule has 3 atom stereocenters. The number of alkyl halides is 2. The lowest BCUT2D eigenvalue weighted by molar-refractivity contribution is -0.168. The maximum atomic E-state index is 14.2.